The Morgan fingerprint density at radius 2 is 1.92 bits per heavy atom. The number of hydrogen-bond donors (Lipinski definition) is 6. The summed E-state index contributed by atoms with van der Waals surface area (Å²) in [5.41, 5.74) is 13.7. The Morgan fingerprint density at radius 3 is 2.62 bits per heavy atom. The van der Waals surface area contributed by atoms with Crippen molar-refractivity contribution < 1.29 is 24.3 Å². The molecular weight excluding hydrogens is 500 g/mol. The Balaban J connectivity index is 1.67. The van der Waals surface area contributed by atoms with Crippen LogP contribution in [-0.4, -0.2) is 75.9 Å². The van der Waals surface area contributed by atoms with Crippen LogP contribution in [0.25, 0.3) is 10.9 Å². The Labute approximate surface area is 229 Å². The van der Waals surface area contributed by atoms with Crippen LogP contribution >= 0.6 is 0 Å². The number of carbonyl (C=O) groups is 4. The van der Waals surface area contributed by atoms with Crippen molar-refractivity contribution in [2.45, 2.75) is 83.0 Å². The summed E-state index contributed by atoms with van der Waals surface area (Å²) in [5, 5.41) is 16.0. The topological polar surface area (TPSA) is 184 Å². The molecule has 2 heterocycles. The number of carbonyl (C=O) groups excluding carboxylic acids is 3. The molecule has 1 aliphatic heterocycles. The fourth-order valence-electron chi connectivity index (χ4n) is 5.10. The van der Waals surface area contributed by atoms with Crippen molar-refractivity contribution in [1.29, 1.82) is 0 Å². The summed E-state index contributed by atoms with van der Waals surface area (Å²) < 4.78 is 0. The number of rotatable bonds is 14. The highest BCUT2D eigenvalue weighted by atomic mass is 16.4. The minimum absolute atomic E-state index is 0.248. The van der Waals surface area contributed by atoms with Crippen LogP contribution in [0.5, 0.6) is 0 Å². The molecule has 1 aromatic heterocycles. The molecule has 1 saturated heterocycles. The molecule has 1 aliphatic rings. The van der Waals surface area contributed by atoms with Crippen LogP contribution in [0, 0.1) is 5.92 Å². The standard InChI is InChI=1S/C28H42N6O5/c1-3-17(2)24(26(36)32-22(28(38)39)11-6-7-13-29)33-25(35)23-12-8-14-34(23)27(37)20(30)15-18-16-31-21-10-5-4-9-19(18)21/h4-5,9-10,16-17,20,22-24,31H,3,6-8,11-15,29-30H2,1-2H3,(H,32,36)(H,33,35)(H,38,39). The van der Waals surface area contributed by atoms with E-state index in [4.69, 9.17) is 11.5 Å². The number of fused-ring (bicyclic) bond motifs is 1. The third-order valence-electron chi connectivity index (χ3n) is 7.63. The first kappa shape index (κ1) is 30.1. The summed E-state index contributed by atoms with van der Waals surface area (Å²) >= 11 is 0. The number of likely N-dealkylation sites (tertiary alicyclic amines) is 1. The van der Waals surface area contributed by atoms with Gasteiger partial charge in [-0.05, 0) is 62.6 Å². The smallest absolute Gasteiger partial charge is 0.326 e. The van der Waals surface area contributed by atoms with Crippen molar-refractivity contribution in [1.82, 2.24) is 20.5 Å². The van der Waals surface area contributed by atoms with Gasteiger partial charge in [0, 0.05) is 23.6 Å². The van der Waals surface area contributed by atoms with E-state index < -0.39 is 42.0 Å². The number of benzene rings is 1. The highest BCUT2D eigenvalue weighted by Crippen LogP contribution is 2.23. The maximum absolute atomic E-state index is 13.4. The van der Waals surface area contributed by atoms with Crippen molar-refractivity contribution in [2.75, 3.05) is 13.1 Å². The molecule has 39 heavy (non-hydrogen) atoms. The molecule has 11 nitrogen and oxygen atoms in total. The molecule has 0 radical (unpaired) electrons. The van der Waals surface area contributed by atoms with E-state index in [1.54, 1.807) is 0 Å². The van der Waals surface area contributed by atoms with Gasteiger partial charge in [-0.3, -0.25) is 14.4 Å². The predicted molar refractivity (Wildman–Crippen MR) is 149 cm³/mol. The zero-order chi connectivity index (χ0) is 28.5. The minimum atomic E-state index is -1.13. The van der Waals surface area contributed by atoms with Gasteiger partial charge in [0.15, 0.2) is 0 Å². The van der Waals surface area contributed by atoms with Gasteiger partial charge in [-0.25, -0.2) is 4.79 Å². The average molecular weight is 543 g/mol. The van der Waals surface area contributed by atoms with Crippen LogP contribution in [0.1, 0.15) is 57.9 Å². The van der Waals surface area contributed by atoms with Crippen LogP contribution in [0.4, 0.5) is 0 Å². The number of nitrogens with two attached hydrogens (primary N) is 2. The molecule has 5 atom stereocenters. The quantitative estimate of drug-likeness (QED) is 0.194. The number of unbranched alkanes of at least 4 members (excludes halogenated alkanes) is 1. The zero-order valence-electron chi connectivity index (χ0n) is 22.8. The van der Waals surface area contributed by atoms with E-state index in [-0.39, 0.29) is 18.2 Å². The van der Waals surface area contributed by atoms with E-state index in [0.717, 1.165) is 16.5 Å². The third kappa shape index (κ3) is 7.57. The highest BCUT2D eigenvalue weighted by molar-refractivity contribution is 5.95. The summed E-state index contributed by atoms with van der Waals surface area (Å²) in [4.78, 5) is 56.2. The van der Waals surface area contributed by atoms with Crippen LogP contribution in [0.3, 0.4) is 0 Å². The molecular formula is C28H42N6O5. The molecule has 11 heteroatoms. The molecule has 3 amide bonds. The first-order valence-corrected chi connectivity index (χ1v) is 13.8. The Hall–Kier alpha value is -3.44. The van der Waals surface area contributed by atoms with E-state index in [2.05, 4.69) is 15.6 Å². The number of hydrogen-bond acceptors (Lipinski definition) is 6. The molecule has 2 aromatic rings. The SMILES string of the molecule is CCC(C)C(NC(=O)C1CCCN1C(=O)C(N)Cc1c[nH]c2ccccc12)C(=O)NC(CCCCN)C(=O)O. The van der Waals surface area contributed by atoms with Crippen LogP contribution in [-0.2, 0) is 25.6 Å². The lowest BCUT2D eigenvalue weighted by molar-refractivity contribution is -0.143. The molecule has 8 N–H and O–H groups in total. The van der Waals surface area contributed by atoms with Crippen LogP contribution < -0.4 is 22.1 Å². The summed E-state index contributed by atoms with van der Waals surface area (Å²) in [6.45, 7) is 4.56. The molecule has 0 bridgehead atoms. The lowest BCUT2D eigenvalue weighted by Crippen LogP contribution is -2.58. The first-order chi connectivity index (χ1) is 18.7. The molecule has 1 fully saturated rings. The van der Waals surface area contributed by atoms with Gasteiger partial charge >= 0.3 is 5.97 Å². The minimum Gasteiger partial charge on any atom is -0.480 e. The van der Waals surface area contributed by atoms with Gasteiger partial charge in [-0.15, -0.1) is 0 Å². The van der Waals surface area contributed by atoms with E-state index in [9.17, 15) is 24.3 Å². The fourth-order valence-corrected chi connectivity index (χ4v) is 5.10. The second-order valence-electron chi connectivity index (χ2n) is 10.4. The molecule has 0 saturated carbocycles. The summed E-state index contributed by atoms with van der Waals surface area (Å²) in [6, 6.07) is 4.21. The molecule has 0 spiro atoms. The van der Waals surface area contributed by atoms with E-state index in [0.29, 0.717) is 51.6 Å². The molecule has 3 rings (SSSR count). The van der Waals surface area contributed by atoms with Gasteiger partial charge in [0.2, 0.25) is 17.7 Å². The van der Waals surface area contributed by atoms with Crippen molar-refractivity contribution >= 4 is 34.6 Å². The van der Waals surface area contributed by atoms with Gasteiger partial charge in [-0.2, -0.15) is 0 Å². The lowest BCUT2D eigenvalue weighted by atomic mass is 9.97. The number of carboxylic acids is 1. The van der Waals surface area contributed by atoms with E-state index >= 15 is 0 Å². The van der Waals surface area contributed by atoms with E-state index in [1.165, 1.54) is 4.90 Å². The van der Waals surface area contributed by atoms with Crippen molar-refractivity contribution in [2.24, 2.45) is 17.4 Å². The highest BCUT2D eigenvalue weighted by Gasteiger charge is 2.39. The molecule has 1 aromatic carbocycles. The zero-order valence-corrected chi connectivity index (χ0v) is 22.8. The van der Waals surface area contributed by atoms with Gasteiger partial charge in [-0.1, -0.05) is 38.5 Å². The Kier molecular flexibility index (Phi) is 10.9. The van der Waals surface area contributed by atoms with Crippen molar-refractivity contribution in [3.63, 3.8) is 0 Å². The predicted octanol–water partition coefficient (Wildman–Crippen LogP) is 1.26. The number of H-pyrrole nitrogens is 1. The summed E-state index contributed by atoms with van der Waals surface area (Å²) in [6.07, 6.45) is 5.33. The fraction of sp³-hybridized carbons (Fsp3) is 0.571. The van der Waals surface area contributed by atoms with Gasteiger partial charge in [0.25, 0.3) is 0 Å². The summed E-state index contributed by atoms with van der Waals surface area (Å²) in [7, 11) is 0. The molecule has 5 unspecified atom stereocenters. The molecule has 214 valence electrons. The van der Waals surface area contributed by atoms with Crippen LogP contribution in [0.15, 0.2) is 30.5 Å². The number of aliphatic carboxylic acids is 1. The van der Waals surface area contributed by atoms with E-state index in [1.807, 2.05) is 44.3 Å². The number of aromatic nitrogens is 1. The van der Waals surface area contributed by atoms with Gasteiger partial charge < -0.3 is 37.1 Å². The second-order valence-corrected chi connectivity index (χ2v) is 10.4. The Bertz CT molecular complexity index is 1150. The summed E-state index contributed by atoms with van der Waals surface area (Å²) in [5.74, 6) is -2.68. The number of amides is 3. The third-order valence-corrected chi connectivity index (χ3v) is 7.63. The number of carboxylic acid groups (broad SMARTS) is 1. The monoisotopic (exact) mass is 542 g/mol. The largest absolute Gasteiger partial charge is 0.480 e. The number of nitrogens with one attached hydrogen (secondary N) is 3. The lowest BCUT2D eigenvalue weighted by Gasteiger charge is -2.30. The second kappa shape index (κ2) is 14.1. The maximum Gasteiger partial charge on any atom is 0.326 e. The Morgan fingerprint density at radius 1 is 1.18 bits per heavy atom. The van der Waals surface area contributed by atoms with Crippen LogP contribution in [0.2, 0.25) is 0 Å². The van der Waals surface area contributed by atoms with Gasteiger partial charge in [0.05, 0.1) is 6.04 Å². The number of para-hydroxylation sites is 1. The normalized spacial score (nSPS) is 18.4. The van der Waals surface area contributed by atoms with Crippen molar-refractivity contribution in [3.05, 3.63) is 36.0 Å². The first-order valence-electron chi connectivity index (χ1n) is 13.8. The van der Waals surface area contributed by atoms with Crippen molar-refractivity contribution in [3.8, 4) is 0 Å². The maximum atomic E-state index is 13.4. The van der Waals surface area contributed by atoms with Gasteiger partial charge in [0.1, 0.15) is 18.1 Å². The number of aromatic amines is 1. The number of nitrogens with zero attached hydrogens (tertiary/aromatic N) is 1. The average Bonchev–Trinajstić information content (AvgIpc) is 3.58. The molecule has 0 aliphatic carbocycles.